The first-order chi connectivity index (χ1) is 14.3. The monoisotopic (exact) mass is 396 g/mol. The zero-order valence-electron chi connectivity index (χ0n) is 19.0. The molecule has 0 bridgehead atoms. The predicted octanol–water partition coefficient (Wildman–Crippen LogP) is 6.69. The molecule has 1 fully saturated rings. The number of fused-ring (bicyclic) bond motifs is 3. The topological polar surface area (TPSA) is 6.48 Å². The third-order valence-electron chi connectivity index (χ3n) is 7.53. The van der Waals surface area contributed by atoms with E-state index in [1.807, 2.05) is 0 Å². The molecule has 0 saturated carbocycles. The average molecular weight is 397 g/mol. The number of nitrogens with zero attached hydrogens (tertiary/aromatic N) is 2. The molecule has 0 spiro atoms. The minimum absolute atomic E-state index is 0.0856. The molecule has 1 saturated heterocycles. The molecule has 2 heteroatoms. The quantitative estimate of drug-likeness (QED) is 0.476. The Bertz CT molecular complexity index is 1090. The van der Waals surface area contributed by atoms with E-state index in [2.05, 4.69) is 118 Å². The van der Waals surface area contributed by atoms with Crippen LogP contribution >= 0.6 is 0 Å². The standard InChI is InChI=1S/C28H32N2/c1-18-12-7-9-16-23(18)29-21(4)26-28(5,6)22-15-8-10-17-24(22)30(26)27(29)25-19(2)13-11-14-20(25)3/h7-17,21,26-27H,1-6H3/t21-,26?,27?/m0/s1. The van der Waals surface area contributed by atoms with E-state index in [4.69, 9.17) is 0 Å². The van der Waals surface area contributed by atoms with E-state index in [0.29, 0.717) is 12.1 Å². The van der Waals surface area contributed by atoms with Gasteiger partial charge in [-0.1, -0.05) is 68.4 Å². The third-order valence-corrected chi connectivity index (χ3v) is 7.53. The molecular formula is C28H32N2. The minimum Gasteiger partial charge on any atom is -0.342 e. The second kappa shape index (κ2) is 6.63. The van der Waals surface area contributed by atoms with Gasteiger partial charge in [-0.15, -0.1) is 0 Å². The summed E-state index contributed by atoms with van der Waals surface area (Å²) >= 11 is 0. The number of rotatable bonds is 2. The molecule has 0 aliphatic carbocycles. The predicted molar refractivity (Wildman–Crippen MR) is 128 cm³/mol. The van der Waals surface area contributed by atoms with Crippen molar-refractivity contribution >= 4 is 11.4 Å². The van der Waals surface area contributed by atoms with E-state index in [0.717, 1.165) is 0 Å². The molecule has 3 atom stereocenters. The molecule has 0 amide bonds. The van der Waals surface area contributed by atoms with E-state index < -0.39 is 0 Å². The number of hydrogen-bond acceptors (Lipinski definition) is 2. The summed E-state index contributed by atoms with van der Waals surface area (Å²) in [5.74, 6) is 0. The number of hydrogen-bond donors (Lipinski definition) is 0. The minimum atomic E-state index is 0.0856. The summed E-state index contributed by atoms with van der Waals surface area (Å²) in [5.41, 5.74) is 9.83. The molecular weight excluding hydrogens is 364 g/mol. The van der Waals surface area contributed by atoms with Gasteiger partial charge in [0.2, 0.25) is 0 Å². The molecule has 154 valence electrons. The smallest absolute Gasteiger partial charge is 0.129 e. The Kier molecular flexibility index (Phi) is 4.25. The number of aryl methyl sites for hydroxylation is 3. The van der Waals surface area contributed by atoms with Crippen LogP contribution in [0.3, 0.4) is 0 Å². The van der Waals surface area contributed by atoms with Crippen LogP contribution in [0, 0.1) is 20.8 Å². The molecule has 2 unspecified atom stereocenters. The molecule has 30 heavy (non-hydrogen) atoms. The summed E-state index contributed by atoms with van der Waals surface area (Å²) in [6.07, 6.45) is 0.190. The normalized spacial score (nSPS) is 24.1. The average Bonchev–Trinajstić information content (AvgIpc) is 3.14. The van der Waals surface area contributed by atoms with Gasteiger partial charge in [0.05, 0.1) is 6.04 Å². The Morgan fingerprint density at radius 3 is 1.90 bits per heavy atom. The number of benzene rings is 3. The molecule has 2 heterocycles. The van der Waals surface area contributed by atoms with Crippen molar-refractivity contribution in [2.24, 2.45) is 0 Å². The molecule has 3 aromatic carbocycles. The van der Waals surface area contributed by atoms with Gasteiger partial charge in [0, 0.05) is 28.4 Å². The summed E-state index contributed by atoms with van der Waals surface area (Å²) in [7, 11) is 0. The van der Waals surface area contributed by atoms with Crippen LogP contribution in [0.5, 0.6) is 0 Å². The maximum absolute atomic E-state index is 2.72. The van der Waals surface area contributed by atoms with Gasteiger partial charge in [-0.05, 0) is 62.1 Å². The van der Waals surface area contributed by atoms with Gasteiger partial charge in [-0.3, -0.25) is 0 Å². The van der Waals surface area contributed by atoms with E-state index >= 15 is 0 Å². The lowest BCUT2D eigenvalue weighted by atomic mass is 9.78. The lowest BCUT2D eigenvalue weighted by Gasteiger charge is -2.37. The largest absolute Gasteiger partial charge is 0.342 e. The third kappa shape index (κ3) is 2.49. The summed E-state index contributed by atoms with van der Waals surface area (Å²) in [4.78, 5) is 5.41. The Balaban J connectivity index is 1.81. The van der Waals surface area contributed by atoms with Crippen LogP contribution in [-0.4, -0.2) is 12.1 Å². The number of anilines is 2. The Labute approximate surface area is 181 Å². The molecule has 3 aromatic rings. The van der Waals surface area contributed by atoms with Crippen LogP contribution in [0.15, 0.2) is 66.7 Å². The SMILES string of the molecule is Cc1ccccc1N1C(c2c(C)cccc2C)N2c3ccccc3C(C)(C)C2[C@@H]1C. The Hall–Kier alpha value is -2.74. The van der Waals surface area contributed by atoms with Crippen molar-refractivity contribution in [3.63, 3.8) is 0 Å². The fourth-order valence-corrected chi connectivity index (χ4v) is 6.25. The second-order valence-corrected chi connectivity index (χ2v) is 9.70. The lowest BCUT2D eigenvalue weighted by Crippen LogP contribution is -2.44. The van der Waals surface area contributed by atoms with Crippen molar-refractivity contribution in [1.29, 1.82) is 0 Å². The molecule has 2 aliphatic rings. The van der Waals surface area contributed by atoms with Crippen LogP contribution in [0.2, 0.25) is 0 Å². The van der Waals surface area contributed by atoms with Gasteiger partial charge < -0.3 is 9.80 Å². The van der Waals surface area contributed by atoms with Crippen LogP contribution < -0.4 is 9.80 Å². The van der Waals surface area contributed by atoms with Crippen molar-refractivity contribution in [2.45, 2.75) is 65.2 Å². The van der Waals surface area contributed by atoms with Crippen molar-refractivity contribution < 1.29 is 0 Å². The summed E-state index contributed by atoms with van der Waals surface area (Å²) in [5, 5.41) is 0. The van der Waals surface area contributed by atoms with Crippen molar-refractivity contribution in [2.75, 3.05) is 9.80 Å². The first-order valence-electron chi connectivity index (χ1n) is 11.1. The van der Waals surface area contributed by atoms with Gasteiger partial charge >= 0.3 is 0 Å². The molecule has 5 rings (SSSR count). The van der Waals surface area contributed by atoms with Crippen molar-refractivity contribution in [3.8, 4) is 0 Å². The first kappa shape index (κ1) is 19.2. The van der Waals surface area contributed by atoms with Crippen LogP contribution in [0.25, 0.3) is 0 Å². The van der Waals surface area contributed by atoms with Gasteiger partial charge in [-0.25, -0.2) is 0 Å². The molecule has 0 radical (unpaired) electrons. The summed E-state index contributed by atoms with van der Waals surface area (Å²) in [6.45, 7) is 14.1. The summed E-state index contributed by atoms with van der Waals surface area (Å²) in [6, 6.07) is 25.4. The van der Waals surface area contributed by atoms with E-state index in [1.54, 1.807) is 0 Å². The lowest BCUT2D eigenvalue weighted by molar-refractivity contribution is 0.411. The van der Waals surface area contributed by atoms with Crippen LogP contribution in [0.1, 0.15) is 54.8 Å². The van der Waals surface area contributed by atoms with Gasteiger partial charge in [0.1, 0.15) is 6.17 Å². The van der Waals surface area contributed by atoms with E-state index in [-0.39, 0.29) is 11.6 Å². The molecule has 0 aromatic heterocycles. The van der Waals surface area contributed by atoms with E-state index in [1.165, 1.54) is 39.2 Å². The molecule has 2 nitrogen and oxygen atoms in total. The van der Waals surface area contributed by atoms with Gasteiger partial charge in [0.25, 0.3) is 0 Å². The van der Waals surface area contributed by atoms with Gasteiger partial charge in [0.15, 0.2) is 0 Å². The Morgan fingerprint density at radius 2 is 1.23 bits per heavy atom. The highest BCUT2D eigenvalue weighted by Crippen LogP contribution is 2.57. The fourth-order valence-electron chi connectivity index (χ4n) is 6.25. The highest BCUT2D eigenvalue weighted by atomic mass is 15.5. The fraction of sp³-hybridized carbons (Fsp3) is 0.357. The van der Waals surface area contributed by atoms with E-state index in [9.17, 15) is 0 Å². The zero-order valence-corrected chi connectivity index (χ0v) is 19.0. The maximum atomic E-state index is 2.72. The zero-order chi connectivity index (χ0) is 21.2. The first-order valence-corrected chi connectivity index (χ1v) is 11.1. The maximum Gasteiger partial charge on any atom is 0.129 e. The van der Waals surface area contributed by atoms with Crippen molar-refractivity contribution in [1.82, 2.24) is 0 Å². The van der Waals surface area contributed by atoms with Crippen molar-refractivity contribution in [3.05, 3.63) is 94.5 Å². The number of para-hydroxylation sites is 2. The van der Waals surface area contributed by atoms with Crippen LogP contribution in [-0.2, 0) is 5.41 Å². The van der Waals surface area contributed by atoms with Gasteiger partial charge in [-0.2, -0.15) is 0 Å². The molecule has 0 N–H and O–H groups in total. The highest BCUT2D eigenvalue weighted by molar-refractivity contribution is 5.73. The Morgan fingerprint density at radius 1 is 0.667 bits per heavy atom. The summed E-state index contributed by atoms with van der Waals surface area (Å²) < 4.78 is 0. The second-order valence-electron chi connectivity index (χ2n) is 9.70. The highest BCUT2D eigenvalue weighted by Gasteiger charge is 2.57. The molecule has 2 aliphatic heterocycles. The van der Waals surface area contributed by atoms with Crippen LogP contribution in [0.4, 0.5) is 11.4 Å².